The van der Waals surface area contributed by atoms with Crippen molar-refractivity contribution >= 4 is 5.91 Å². The first-order valence-electron chi connectivity index (χ1n) is 6.54. The molecule has 4 heteroatoms. The highest BCUT2D eigenvalue weighted by Gasteiger charge is 2.41. The Bertz CT molecular complexity index is 387. The summed E-state index contributed by atoms with van der Waals surface area (Å²) in [6.07, 6.45) is 7.31. The van der Waals surface area contributed by atoms with Crippen molar-refractivity contribution in [3.05, 3.63) is 30.1 Å². The molecule has 2 rings (SSSR count). The van der Waals surface area contributed by atoms with Gasteiger partial charge in [-0.15, -0.1) is 0 Å². The van der Waals surface area contributed by atoms with Gasteiger partial charge in [-0.25, -0.2) is 0 Å². The maximum atomic E-state index is 11.7. The van der Waals surface area contributed by atoms with Crippen LogP contribution in [0.3, 0.4) is 0 Å². The Morgan fingerprint density at radius 2 is 2.06 bits per heavy atom. The molecular weight excluding hydrogens is 226 g/mol. The van der Waals surface area contributed by atoms with E-state index >= 15 is 0 Å². The molecule has 1 amide bonds. The molecule has 2 N–H and O–H groups in total. The van der Waals surface area contributed by atoms with Crippen LogP contribution in [0.15, 0.2) is 24.5 Å². The van der Waals surface area contributed by atoms with Crippen LogP contribution in [0, 0.1) is 5.41 Å². The Hall–Kier alpha value is -1.42. The first-order chi connectivity index (χ1) is 8.74. The average Bonchev–Trinajstić information content (AvgIpc) is 3.16. The second kappa shape index (κ2) is 5.96. The Balaban J connectivity index is 1.67. The van der Waals surface area contributed by atoms with Gasteiger partial charge in [0.1, 0.15) is 0 Å². The molecule has 1 aromatic heterocycles. The number of pyridine rings is 1. The molecule has 0 unspecified atom stereocenters. The van der Waals surface area contributed by atoms with Crippen LogP contribution in [0.25, 0.3) is 0 Å². The minimum absolute atomic E-state index is 0.147. The third-order valence-electron chi connectivity index (χ3n) is 3.56. The van der Waals surface area contributed by atoms with Crippen LogP contribution in [0.5, 0.6) is 0 Å². The Morgan fingerprint density at radius 1 is 1.33 bits per heavy atom. The maximum Gasteiger partial charge on any atom is 0.220 e. The highest BCUT2D eigenvalue weighted by atomic mass is 16.1. The number of aryl methyl sites for hydroxylation is 1. The second-order valence-electron chi connectivity index (χ2n) is 5.16. The van der Waals surface area contributed by atoms with E-state index in [9.17, 15) is 4.79 Å². The van der Waals surface area contributed by atoms with Crippen LogP contribution in [0.1, 0.15) is 24.8 Å². The Labute approximate surface area is 108 Å². The van der Waals surface area contributed by atoms with E-state index in [0.29, 0.717) is 11.8 Å². The van der Waals surface area contributed by atoms with Gasteiger partial charge in [-0.3, -0.25) is 9.78 Å². The topological polar surface area (TPSA) is 54.0 Å². The van der Waals surface area contributed by atoms with Gasteiger partial charge in [-0.05, 0) is 44.0 Å². The average molecular weight is 247 g/mol. The molecule has 1 aliphatic carbocycles. The maximum absolute atomic E-state index is 11.7. The van der Waals surface area contributed by atoms with Crippen molar-refractivity contribution in [3.8, 4) is 0 Å². The van der Waals surface area contributed by atoms with Gasteiger partial charge in [-0.1, -0.05) is 0 Å². The minimum atomic E-state index is 0.147. The molecule has 0 spiro atoms. The zero-order chi connectivity index (χ0) is 12.8. The Kier molecular flexibility index (Phi) is 4.31. The number of hydrogen-bond donors (Lipinski definition) is 2. The molecule has 0 radical (unpaired) electrons. The van der Waals surface area contributed by atoms with E-state index in [1.54, 1.807) is 12.4 Å². The summed E-state index contributed by atoms with van der Waals surface area (Å²) in [4.78, 5) is 15.7. The van der Waals surface area contributed by atoms with Crippen LogP contribution in [-0.4, -0.2) is 31.0 Å². The second-order valence-corrected chi connectivity index (χ2v) is 5.16. The van der Waals surface area contributed by atoms with Crippen molar-refractivity contribution in [1.82, 2.24) is 15.6 Å². The van der Waals surface area contributed by atoms with Gasteiger partial charge < -0.3 is 10.6 Å². The number of rotatable bonds is 7. The number of hydrogen-bond acceptors (Lipinski definition) is 3. The van der Waals surface area contributed by atoms with Crippen LogP contribution in [-0.2, 0) is 11.2 Å². The molecule has 1 aliphatic rings. The number of amides is 1. The fraction of sp³-hybridized carbons (Fsp3) is 0.571. The number of carbonyl (C=O) groups is 1. The molecule has 1 fully saturated rings. The predicted molar refractivity (Wildman–Crippen MR) is 71.2 cm³/mol. The molecule has 98 valence electrons. The standard InChI is InChI=1S/C14H21N3O/c1-15-10-14(6-7-14)11-17-13(18)3-2-12-4-8-16-9-5-12/h4-5,8-9,15H,2-3,6-7,10-11H2,1H3,(H,17,18). The zero-order valence-electron chi connectivity index (χ0n) is 10.9. The van der Waals surface area contributed by atoms with Gasteiger partial charge in [0, 0.05) is 37.3 Å². The van der Waals surface area contributed by atoms with Crippen molar-refractivity contribution in [2.24, 2.45) is 5.41 Å². The minimum Gasteiger partial charge on any atom is -0.355 e. The summed E-state index contributed by atoms with van der Waals surface area (Å²) in [5.41, 5.74) is 1.50. The van der Waals surface area contributed by atoms with Gasteiger partial charge in [0.15, 0.2) is 0 Å². The molecule has 1 saturated carbocycles. The summed E-state index contributed by atoms with van der Waals surface area (Å²) in [6.45, 7) is 1.81. The lowest BCUT2D eigenvalue weighted by atomic mass is 10.1. The molecule has 0 atom stereocenters. The number of nitrogens with one attached hydrogen (secondary N) is 2. The van der Waals surface area contributed by atoms with Gasteiger partial charge in [-0.2, -0.15) is 0 Å². The van der Waals surface area contributed by atoms with Crippen molar-refractivity contribution in [3.63, 3.8) is 0 Å². The van der Waals surface area contributed by atoms with Gasteiger partial charge >= 0.3 is 0 Å². The van der Waals surface area contributed by atoms with Gasteiger partial charge in [0.05, 0.1) is 0 Å². The summed E-state index contributed by atoms with van der Waals surface area (Å²) in [5, 5.41) is 6.24. The highest BCUT2D eigenvalue weighted by molar-refractivity contribution is 5.76. The van der Waals surface area contributed by atoms with E-state index in [-0.39, 0.29) is 5.91 Å². The van der Waals surface area contributed by atoms with Crippen LogP contribution < -0.4 is 10.6 Å². The fourth-order valence-electron chi connectivity index (χ4n) is 2.15. The fourth-order valence-corrected chi connectivity index (χ4v) is 2.15. The monoisotopic (exact) mass is 247 g/mol. The summed E-state index contributed by atoms with van der Waals surface area (Å²) in [6, 6.07) is 3.91. The van der Waals surface area contributed by atoms with Crippen LogP contribution >= 0.6 is 0 Å². The number of nitrogens with zero attached hydrogens (tertiary/aromatic N) is 1. The first-order valence-corrected chi connectivity index (χ1v) is 6.54. The van der Waals surface area contributed by atoms with Crippen molar-refractivity contribution < 1.29 is 4.79 Å². The Morgan fingerprint density at radius 3 is 2.67 bits per heavy atom. The molecule has 1 aromatic rings. The quantitative estimate of drug-likeness (QED) is 0.759. The predicted octanol–water partition coefficient (Wildman–Crippen LogP) is 1.13. The zero-order valence-corrected chi connectivity index (χ0v) is 10.9. The van der Waals surface area contributed by atoms with E-state index < -0.39 is 0 Å². The highest BCUT2D eigenvalue weighted by Crippen LogP contribution is 2.44. The largest absolute Gasteiger partial charge is 0.355 e. The van der Waals surface area contributed by atoms with E-state index in [2.05, 4.69) is 15.6 Å². The van der Waals surface area contributed by atoms with E-state index in [1.165, 1.54) is 12.8 Å². The van der Waals surface area contributed by atoms with Crippen LogP contribution in [0.2, 0.25) is 0 Å². The molecule has 0 bridgehead atoms. The first kappa shape index (κ1) is 13.0. The lowest BCUT2D eigenvalue weighted by Gasteiger charge is -2.15. The number of carbonyl (C=O) groups excluding carboxylic acids is 1. The van der Waals surface area contributed by atoms with Gasteiger partial charge in [0.2, 0.25) is 5.91 Å². The molecule has 0 saturated heterocycles. The lowest BCUT2D eigenvalue weighted by molar-refractivity contribution is -0.121. The van der Waals surface area contributed by atoms with E-state index in [4.69, 9.17) is 0 Å². The molecule has 4 nitrogen and oxygen atoms in total. The van der Waals surface area contributed by atoms with Gasteiger partial charge in [0.25, 0.3) is 0 Å². The third-order valence-corrected chi connectivity index (χ3v) is 3.56. The van der Waals surface area contributed by atoms with E-state index in [1.807, 2.05) is 19.2 Å². The van der Waals surface area contributed by atoms with E-state index in [0.717, 1.165) is 25.1 Å². The third kappa shape index (κ3) is 3.81. The summed E-state index contributed by atoms with van der Waals surface area (Å²) in [5.74, 6) is 0.147. The van der Waals surface area contributed by atoms with Crippen molar-refractivity contribution in [2.75, 3.05) is 20.1 Å². The SMILES string of the molecule is CNCC1(CNC(=O)CCc2ccncc2)CC1. The normalized spacial score (nSPS) is 16.3. The molecule has 0 aromatic carbocycles. The molecule has 1 heterocycles. The van der Waals surface area contributed by atoms with Crippen LogP contribution in [0.4, 0.5) is 0 Å². The molecule has 0 aliphatic heterocycles. The van der Waals surface area contributed by atoms with Crippen molar-refractivity contribution in [2.45, 2.75) is 25.7 Å². The smallest absolute Gasteiger partial charge is 0.220 e. The summed E-state index contributed by atoms with van der Waals surface area (Å²) < 4.78 is 0. The number of aromatic nitrogens is 1. The summed E-state index contributed by atoms with van der Waals surface area (Å²) in [7, 11) is 1.96. The molecular formula is C14H21N3O. The summed E-state index contributed by atoms with van der Waals surface area (Å²) >= 11 is 0. The lowest BCUT2D eigenvalue weighted by Crippen LogP contribution is -2.34. The van der Waals surface area contributed by atoms with Crippen molar-refractivity contribution in [1.29, 1.82) is 0 Å². The molecule has 18 heavy (non-hydrogen) atoms.